The number of carboxylic acid groups (broad SMARTS) is 1. The lowest BCUT2D eigenvalue weighted by atomic mass is 9.95. The summed E-state index contributed by atoms with van der Waals surface area (Å²) in [5.41, 5.74) is 0. The highest BCUT2D eigenvalue weighted by Crippen LogP contribution is 2.16. The minimum absolute atomic E-state index is 0.1000. The van der Waals surface area contributed by atoms with Gasteiger partial charge in [-0.3, -0.25) is 4.79 Å². The lowest BCUT2D eigenvalue weighted by molar-refractivity contribution is -0.139. The molecule has 0 aromatic carbocycles. The van der Waals surface area contributed by atoms with Crippen LogP contribution in [0.1, 0.15) is 52.4 Å². The van der Waals surface area contributed by atoms with Gasteiger partial charge in [-0.2, -0.15) is 0 Å². The average molecular weight is 202 g/mol. The molecule has 0 aliphatic heterocycles. The second-order valence-electron chi connectivity index (χ2n) is 3.99. The van der Waals surface area contributed by atoms with E-state index >= 15 is 0 Å². The van der Waals surface area contributed by atoms with Crippen LogP contribution in [0.2, 0.25) is 0 Å². The van der Waals surface area contributed by atoms with Crippen molar-refractivity contribution in [2.75, 3.05) is 0 Å². The molecule has 0 aromatic rings. The standard InChI is InChI=1S/C11H22O3/c1-3-4-5-6-7-9(2)10(12)8-11(13)14/h9-10,12H,3-8H2,1-2H3,(H,13,14)/t9-,10-/m0/s1. The first-order valence-electron chi connectivity index (χ1n) is 5.47. The normalized spacial score (nSPS) is 15.1. The highest BCUT2D eigenvalue weighted by atomic mass is 16.4. The summed E-state index contributed by atoms with van der Waals surface area (Å²) < 4.78 is 0. The molecular weight excluding hydrogens is 180 g/mol. The molecule has 2 atom stereocenters. The first-order valence-corrected chi connectivity index (χ1v) is 5.47. The van der Waals surface area contributed by atoms with Crippen molar-refractivity contribution in [1.29, 1.82) is 0 Å². The Balaban J connectivity index is 3.51. The first-order chi connectivity index (χ1) is 6.57. The van der Waals surface area contributed by atoms with Crippen molar-refractivity contribution < 1.29 is 15.0 Å². The minimum atomic E-state index is -0.919. The SMILES string of the molecule is CCCCCC[C@H](C)[C@@H](O)CC(=O)O. The van der Waals surface area contributed by atoms with Gasteiger partial charge in [0.15, 0.2) is 0 Å². The van der Waals surface area contributed by atoms with Gasteiger partial charge in [-0.05, 0) is 12.3 Å². The van der Waals surface area contributed by atoms with Gasteiger partial charge in [-0.1, -0.05) is 39.5 Å². The second kappa shape index (κ2) is 7.80. The van der Waals surface area contributed by atoms with E-state index in [1.165, 1.54) is 19.3 Å². The van der Waals surface area contributed by atoms with Crippen LogP contribution in [0.3, 0.4) is 0 Å². The molecule has 0 spiro atoms. The van der Waals surface area contributed by atoms with E-state index in [0.717, 1.165) is 12.8 Å². The summed E-state index contributed by atoms with van der Waals surface area (Å²) >= 11 is 0. The maximum absolute atomic E-state index is 10.3. The van der Waals surface area contributed by atoms with Crippen molar-refractivity contribution in [2.45, 2.75) is 58.5 Å². The Labute approximate surface area is 86.1 Å². The molecule has 0 saturated heterocycles. The summed E-state index contributed by atoms with van der Waals surface area (Å²) in [4.78, 5) is 10.3. The first kappa shape index (κ1) is 13.4. The van der Waals surface area contributed by atoms with E-state index in [1.807, 2.05) is 6.92 Å². The van der Waals surface area contributed by atoms with Gasteiger partial charge in [-0.25, -0.2) is 0 Å². The van der Waals surface area contributed by atoms with E-state index in [4.69, 9.17) is 5.11 Å². The van der Waals surface area contributed by atoms with E-state index in [9.17, 15) is 9.90 Å². The molecule has 0 saturated carbocycles. The molecule has 0 aliphatic carbocycles. The second-order valence-corrected chi connectivity index (χ2v) is 3.99. The predicted molar refractivity (Wildman–Crippen MR) is 56.2 cm³/mol. The number of aliphatic hydroxyl groups excluding tert-OH is 1. The van der Waals surface area contributed by atoms with Gasteiger partial charge >= 0.3 is 5.97 Å². The summed E-state index contributed by atoms with van der Waals surface area (Å²) in [6, 6.07) is 0. The number of carbonyl (C=O) groups is 1. The van der Waals surface area contributed by atoms with Crippen LogP contribution >= 0.6 is 0 Å². The summed E-state index contributed by atoms with van der Waals surface area (Å²) in [6.07, 6.45) is 4.80. The molecule has 2 N–H and O–H groups in total. The van der Waals surface area contributed by atoms with E-state index in [0.29, 0.717) is 0 Å². The number of hydrogen-bond donors (Lipinski definition) is 2. The maximum atomic E-state index is 10.3. The van der Waals surface area contributed by atoms with Crippen LogP contribution in [0.4, 0.5) is 0 Å². The lowest BCUT2D eigenvalue weighted by Gasteiger charge is -2.16. The molecule has 0 rings (SSSR count). The fourth-order valence-electron chi connectivity index (χ4n) is 1.47. The number of aliphatic hydroxyl groups is 1. The van der Waals surface area contributed by atoms with Crippen LogP contribution in [0, 0.1) is 5.92 Å². The molecule has 0 radical (unpaired) electrons. The molecule has 0 fully saturated rings. The third-order valence-electron chi connectivity index (χ3n) is 2.55. The van der Waals surface area contributed by atoms with Crippen molar-refractivity contribution in [3.63, 3.8) is 0 Å². The number of carboxylic acids is 1. The fraction of sp³-hybridized carbons (Fsp3) is 0.909. The van der Waals surface area contributed by atoms with Gasteiger partial charge < -0.3 is 10.2 Å². The number of hydrogen-bond acceptors (Lipinski definition) is 2. The zero-order chi connectivity index (χ0) is 11.0. The Kier molecular flexibility index (Phi) is 7.48. The predicted octanol–water partition coefficient (Wildman–Crippen LogP) is 2.43. The Morgan fingerprint density at radius 2 is 1.93 bits per heavy atom. The molecule has 0 aromatic heterocycles. The monoisotopic (exact) mass is 202 g/mol. The third kappa shape index (κ3) is 6.89. The largest absolute Gasteiger partial charge is 0.481 e. The van der Waals surface area contributed by atoms with Crippen molar-refractivity contribution >= 4 is 5.97 Å². The Hall–Kier alpha value is -0.570. The van der Waals surface area contributed by atoms with Crippen molar-refractivity contribution in [3.05, 3.63) is 0 Å². The molecule has 0 unspecified atom stereocenters. The molecule has 0 amide bonds. The Bertz CT molecular complexity index is 157. The van der Waals surface area contributed by atoms with Crippen LogP contribution in [0.15, 0.2) is 0 Å². The Morgan fingerprint density at radius 3 is 2.43 bits per heavy atom. The lowest BCUT2D eigenvalue weighted by Crippen LogP contribution is -2.21. The molecule has 0 bridgehead atoms. The van der Waals surface area contributed by atoms with E-state index in [2.05, 4.69) is 6.92 Å². The molecule has 0 heterocycles. The average Bonchev–Trinajstić information content (AvgIpc) is 2.11. The smallest absolute Gasteiger partial charge is 0.305 e. The maximum Gasteiger partial charge on any atom is 0.305 e. The van der Waals surface area contributed by atoms with E-state index < -0.39 is 12.1 Å². The van der Waals surface area contributed by atoms with Crippen LogP contribution in [0.5, 0.6) is 0 Å². The van der Waals surface area contributed by atoms with Gasteiger partial charge in [0.1, 0.15) is 0 Å². The van der Waals surface area contributed by atoms with Gasteiger partial charge in [0.05, 0.1) is 12.5 Å². The summed E-state index contributed by atoms with van der Waals surface area (Å²) in [6.45, 7) is 4.07. The number of rotatable bonds is 8. The molecule has 3 heteroatoms. The van der Waals surface area contributed by atoms with Crippen molar-refractivity contribution in [1.82, 2.24) is 0 Å². The summed E-state index contributed by atoms with van der Waals surface area (Å²) in [7, 11) is 0. The molecule has 14 heavy (non-hydrogen) atoms. The van der Waals surface area contributed by atoms with Crippen LogP contribution in [0.25, 0.3) is 0 Å². The quantitative estimate of drug-likeness (QED) is 0.594. The van der Waals surface area contributed by atoms with Gasteiger partial charge in [-0.15, -0.1) is 0 Å². The van der Waals surface area contributed by atoms with Crippen molar-refractivity contribution in [2.24, 2.45) is 5.92 Å². The summed E-state index contributed by atoms with van der Waals surface area (Å²) in [5, 5.41) is 17.9. The topological polar surface area (TPSA) is 57.5 Å². The molecule has 3 nitrogen and oxygen atoms in total. The van der Waals surface area contributed by atoms with Gasteiger partial charge in [0.25, 0.3) is 0 Å². The molecule has 84 valence electrons. The van der Waals surface area contributed by atoms with Crippen LogP contribution in [-0.2, 0) is 4.79 Å². The zero-order valence-corrected chi connectivity index (χ0v) is 9.20. The van der Waals surface area contributed by atoms with Gasteiger partial charge in [0.2, 0.25) is 0 Å². The summed E-state index contributed by atoms with van der Waals surface area (Å²) in [5.74, 6) is -0.819. The molecular formula is C11H22O3. The van der Waals surface area contributed by atoms with Crippen LogP contribution < -0.4 is 0 Å². The number of unbranched alkanes of at least 4 members (excludes halogenated alkanes) is 3. The molecule has 0 aliphatic rings. The van der Waals surface area contributed by atoms with E-state index in [-0.39, 0.29) is 12.3 Å². The highest BCUT2D eigenvalue weighted by molar-refractivity contribution is 5.67. The highest BCUT2D eigenvalue weighted by Gasteiger charge is 2.16. The van der Waals surface area contributed by atoms with Crippen LogP contribution in [-0.4, -0.2) is 22.3 Å². The Morgan fingerprint density at radius 1 is 1.29 bits per heavy atom. The minimum Gasteiger partial charge on any atom is -0.481 e. The van der Waals surface area contributed by atoms with E-state index in [1.54, 1.807) is 0 Å². The third-order valence-corrected chi connectivity index (χ3v) is 2.55. The number of aliphatic carboxylic acids is 1. The van der Waals surface area contributed by atoms with Crippen molar-refractivity contribution in [3.8, 4) is 0 Å². The fourth-order valence-corrected chi connectivity index (χ4v) is 1.47. The zero-order valence-electron chi connectivity index (χ0n) is 9.20. The van der Waals surface area contributed by atoms with Gasteiger partial charge in [0, 0.05) is 0 Å².